The van der Waals surface area contributed by atoms with Crippen LogP contribution in [-0.4, -0.2) is 26.2 Å². The molecule has 4 fully saturated rings. The fraction of sp³-hybridized carbons (Fsp3) is 0.481. The molecule has 4 aliphatic carbocycles. The normalized spacial score (nSPS) is 31.2. The van der Waals surface area contributed by atoms with Crippen molar-refractivity contribution in [2.45, 2.75) is 50.9 Å². The number of aryl methyl sites for hydroxylation is 1. The summed E-state index contributed by atoms with van der Waals surface area (Å²) in [5, 5.41) is 4.34. The maximum Gasteiger partial charge on any atom is 0.246 e. The summed E-state index contributed by atoms with van der Waals surface area (Å²) in [7, 11) is 4.05. The smallest absolute Gasteiger partial charge is 0.246 e. The van der Waals surface area contributed by atoms with E-state index in [-0.39, 0.29) is 16.7 Å². The van der Waals surface area contributed by atoms with Gasteiger partial charge in [0, 0.05) is 19.8 Å². The topological polar surface area (TPSA) is 44.7 Å². The van der Waals surface area contributed by atoms with Crippen LogP contribution < -0.4 is 10.3 Å². The quantitative estimate of drug-likeness (QED) is 0.549. The summed E-state index contributed by atoms with van der Waals surface area (Å²) in [6, 6.07) is 17.3. The van der Waals surface area contributed by atoms with Crippen molar-refractivity contribution >= 4 is 17.8 Å². The van der Waals surface area contributed by atoms with Gasteiger partial charge in [-0.05, 0) is 86.0 Å². The highest BCUT2D eigenvalue weighted by Crippen LogP contribution is 2.65. The van der Waals surface area contributed by atoms with Crippen LogP contribution in [0, 0.1) is 24.2 Å². The van der Waals surface area contributed by atoms with Crippen LogP contribution in [0.2, 0.25) is 0 Å². The summed E-state index contributed by atoms with van der Waals surface area (Å²) in [6.45, 7) is 2.14. The highest BCUT2D eigenvalue weighted by Gasteiger charge is 2.60. The van der Waals surface area contributed by atoms with E-state index in [1.54, 1.807) is 6.21 Å². The van der Waals surface area contributed by atoms with E-state index in [4.69, 9.17) is 0 Å². The number of hydrogen-bond donors (Lipinski definition) is 1. The Bertz CT molecular complexity index is 976. The lowest BCUT2D eigenvalue weighted by Gasteiger charge is -2.61. The van der Waals surface area contributed by atoms with Crippen LogP contribution in [-0.2, 0) is 10.2 Å². The van der Waals surface area contributed by atoms with Crippen molar-refractivity contribution in [2.24, 2.45) is 22.4 Å². The highest BCUT2D eigenvalue weighted by atomic mass is 16.2. The highest BCUT2D eigenvalue weighted by molar-refractivity contribution is 5.86. The molecule has 4 bridgehead atoms. The van der Waals surface area contributed by atoms with E-state index in [1.807, 2.05) is 26.2 Å². The Morgan fingerprint density at radius 1 is 1.00 bits per heavy atom. The molecule has 1 amide bonds. The molecule has 0 heterocycles. The maximum atomic E-state index is 13.4. The van der Waals surface area contributed by atoms with E-state index >= 15 is 0 Å². The molecule has 162 valence electrons. The molecule has 0 spiro atoms. The van der Waals surface area contributed by atoms with Gasteiger partial charge in [0.1, 0.15) is 0 Å². The fourth-order valence-electron chi connectivity index (χ4n) is 6.92. The Labute approximate surface area is 185 Å². The van der Waals surface area contributed by atoms with E-state index in [1.165, 1.54) is 30.4 Å². The monoisotopic (exact) mass is 415 g/mol. The first-order valence-corrected chi connectivity index (χ1v) is 11.6. The van der Waals surface area contributed by atoms with Gasteiger partial charge in [-0.1, -0.05) is 42.0 Å². The number of benzene rings is 2. The standard InChI is InChI=1S/C27H33N3O/c1-19-4-8-23(9-5-19)26-13-21-12-22(14-26)16-27(15-21,18-26)25(31)29-28-17-20-6-10-24(11-7-20)30(2)3/h4-11,17,21-22H,12-16,18H2,1-3H3,(H,29,31). The second-order valence-electron chi connectivity index (χ2n) is 10.6. The zero-order valence-corrected chi connectivity index (χ0v) is 18.9. The van der Waals surface area contributed by atoms with Crippen LogP contribution in [0.15, 0.2) is 53.6 Å². The predicted octanol–water partition coefficient (Wildman–Crippen LogP) is 5.05. The van der Waals surface area contributed by atoms with Crippen LogP contribution in [0.4, 0.5) is 5.69 Å². The van der Waals surface area contributed by atoms with Gasteiger partial charge in [0.05, 0.1) is 11.6 Å². The minimum absolute atomic E-state index is 0.124. The first-order chi connectivity index (χ1) is 14.9. The van der Waals surface area contributed by atoms with Crippen molar-refractivity contribution in [1.29, 1.82) is 0 Å². The van der Waals surface area contributed by atoms with Gasteiger partial charge < -0.3 is 4.90 Å². The van der Waals surface area contributed by atoms with Crippen molar-refractivity contribution < 1.29 is 4.79 Å². The van der Waals surface area contributed by atoms with Crippen LogP contribution in [0.5, 0.6) is 0 Å². The van der Waals surface area contributed by atoms with Gasteiger partial charge in [-0.15, -0.1) is 0 Å². The van der Waals surface area contributed by atoms with Gasteiger partial charge in [-0.3, -0.25) is 4.79 Å². The molecule has 31 heavy (non-hydrogen) atoms. The lowest BCUT2D eigenvalue weighted by Crippen LogP contribution is -2.58. The maximum absolute atomic E-state index is 13.4. The predicted molar refractivity (Wildman–Crippen MR) is 126 cm³/mol. The fourth-order valence-corrected chi connectivity index (χ4v) is 6.92. The molecule has 2 atom stereocenters. The Kier molecular flexibility index (Phi) is 4.91. The zero-order chi connectivity index (χ0) is 21.6. The van der Waals surface area contributed by atoms with E-state index in [2.05, 4.69) is 58.7 Å². The Hall–Kier alpha value is -2.62. The van der Waals surface area contributed by atoms with E-state index < -0.39 is 0 Å². The molecule has 4 aliphatic rings. The number of rotatable bonds is 5. The molecule has 2 aromatic carbocycles. The summed E-state index contributed by atoms with van der Waals surface area (Å²) >= 11 is 0. The summed E-state index contributed by atoms with van der Waals surface area (Å²) in [6.07, 6.45) is 8.55. The summed E-state index contributed by atoms with van der Waals surface area (Å²) in [5.41, 5.74) is 7.71. The molecular formula is C27H33N3O. The van der Waals surface area contributed by atoms with Gasteiger partial charge in [0.15, 0.2) is 0 Å². The average molecular weight is 416 g/mol. The Morgan fingerprint density at radius 3 is 2.26 bits per heavy atom. The van der Waals surface area contributed by atoms with Crippen molar-refractivity contribution in [1.82, 2.24) is 5.43 Å². The third kappa shape index (κ3) is 3.66. The molecular weight excluding hydrogens is 382 g/mol. The summed E-state index contributed by atoms with van der Waals surface area (Å²) < 4.78 is 0. The molecule has 0 aromatic heterocycles. The molecule has 0 radical (unpaired) electrons. The van der Waals surface area contributed by atoms with Crippen molar-refractivity contribution in [2.75, 3.05) is 19.0 Å². The first kappa shape index (κ1) is 20.3. The lowest BCUT2D eigenvalue weighted by molar-refractivity contribution is -0.149. The van der Waals surface area contributed by atoms with E-state index in [0.717, 1.165) is 30.5 Å². The molecule has 4 saturated carbocycles. The molecule has 4 nitrogen and oxygen atoms in total. The third-order valence-electron chi connectivity index (χ3n) is 8.00. The molecule has 0 aliphatic heterocycles. The van der Waals surface area contributed by atoms with Crippen LogP contribution in [0.1, 0.15) is 55.2 Å². The lowest BCUT2D eigenvalue weighted by atomic mass is 9.42. The molecule has 6 rings (SSSR count). The number of nitrogens with one attached hydrogen (secondary N) is 1. The third-order valence-corrected chi connectivity index (χ3v) is 8.00. The minimum Gasteiger partial charge on any atom is -0.378 e. The second-order valence-corrected chi connectivity index (χ2v) is 10.6. The molecule has 2 aromatic rings. The second kappa shape index (κ2) is 7.51. The summed E-state index contributed by atoms with van der Waals surface area (Å²) in [4.78, 5) is 15.5. The number of nitrogens with zero attached hydrogens (tertiary/aromatic N) is 2. The van der Waals surface area contributed by atoms with Gasteiger partial charge in [0.2, 0.25) is 5.91 Å². The number of anilines is 1. The molecule has 1 N–H and O–H groups in total. The summed E-state index contributed by atoms with van der Waals surface area (Å²) in [5.74, 6) is 1.45. The largest absolute Gasteiger partial charge is 0.378 e. The Balaban J connectivity index is 1.33. The number of hydrogen-bond acceptors (Lipinski definition) is 3. The van der Waals surface area contributed by atoms with Crippen LogP contribution >= 0.6 is 0 Å². The minimum atomic E-state index is -0.263. The van der Waals surface area contributed by atoms with E-state index in [9.17, 15) is 4.79 Å². The average Bonchev–Trinajstić information content (AvgIpc) is 2.73. The number of carbonyl (C=O) groups excluding carboxylic acids is 1. The zero-order valence-electron chi connectivity index (χ0n) is 18.9. The van der Waals surface area contributed by atoms with Gasteiger partial charge >= 0.3 is 0 Å². The molecule has 4 heteroatoms. The number of amides is 1. The van der Waals surface area contributed by atoms with Gasteiger partial charge in [-0.25, -0.2) is 5.43 Å². The van der Waals surface area contributed by atoms with Crippen LogP contribution in [0.25, 0.3) is 0 Å². The van der Waals surface area contributed by atoms with Crippen LogP contribution in [0.3, 0.4) is 0 Å². The van der Waals surface area contributed by atoms with Crippen molar-refractivity contribution in [3.63, 3.8) is 0 Å². The van der Waals surface area contributed by atoms with Gasteiger partial charge in [0.25, 0.3) is 0 Å². The first-order valence-electron chi connectivity index (χ1n) is 11.6. The number of carbonyl (C=O) groups is 1. The van der Waals surface area contributed by atoms with Crippen molar-refractivity contribution in [3.05, 3.63) is 65.2 Å². The molecule has 2 unspecified atom stereocenters. The Morgan fingerprint density at radius 2 is 1.65 bits per heavy atom. The van der Waals surface area contributed by atoms with E-state index in [0.29, 0.717) is 11.8 Å². The SMILES string of the molecule is Cc1ccc(C23CC4CC(CC(C(=O)NN=Cc5ccc(N(C)C)cc5)(C4)C2)C3)cc1. The molecule has 0 saturated heterocycles. The number of hydrazone groups is 1. The van der Waals surface area contributed by atoms with Gasteiger partial charge in [-0.2, -0.15) is 5.10 Å². The van der Waals surface area contributed by atoms with Crippen molar-refractivity contribution in [3.8, 4) is 0 Å².